The number of carbonyl (C=O) groups excluding carboxylic acids is 2. The van der Waals surface area contributed by atoms with E-state index in [1.807, 2.05) is 38.1 Å². The van der Waals surface area contributed by atoms with Crippen LogP contribution in [0, 0.1) is 0 Å². The van der Waals surface area contributed by atoms with E-state index in [-0.39, 0.29) is 10.7 Å². The Morgan fingerprint density at radius 2 is 1.63 bits per heavy atom. The van der Waals surface area contributed by atoms with Gasteiger partial charge in [-0.05, 0) is 74.0 Å². The van der Waals surface area contributed by atoms with Gasteiger partial charge in [0.05, 0.1) is 18.9 Å². The van der Waals surface area contributed by atoms with E-state index in [4.69, 9.17) is 21.7 Å². The Bertz CT molecular complexity index is 999. The van der Waals surface area contributed by atoms with Gasteiger partial charge >= 0.3 is 0 Å². The van der Waals surface area contributed by atoms with Gasteiger partial charge in [0.1, 0.15) is 5.57 Å². The van der Waals surface area contributed by atoms with Gasteiger partial charge in [-0.15, -0.1) is 0 Å². The van der Waals surface area contributed by atoms with Crippen molar-refractivity contribution in [1.29, 1.82) is 0 Å². The van der Waals surface area contributed by atoms with Crippen molar-refractivity contribution in [2.45, 2.75) is 27.2 Å². The van der Waals surface area contributed by atoms with Crippen molar-refractivity contribution in [1.82, 2.24) is 5.32 Å². The molecule has 0 spiro atoms. The summed E-state index contributed by atoms with van der Waals surface area (Å²) in [6.45, 7) is 6.79. The number of aryl methyl sites for hydroxylation is 1. The minimum atomic E-state index is -0.529. The molecule has 0 radical (unpaired) electrons. The topological polar surface area (TPSA) is 67.9 Å². The predicted octanol–water partition coefficient (Wildman–Crippen LogP) is 3.88. The summed E-state index contributed by atoms with van der Waals surface area (Å²) in [7, 11) is 0. The average Bonchev–Trinajstić information content (AvgIpc) is 2.73. The van der Waals surface area contributed by atoms with Gasteiger partial charge in [0.2, 0.25) is 0 Å². The number of benzene rings is 2. The third-order valence-corrected chi connectivity index (χ3v) is 4.87. The van der Waals surface area contributed by atoms with Crippen LogP contribution in [-0.4, -0.2) is 30.1 Å². The normalized spacial score (nSPS) is 15.4. The van der Waals surface area contributed by atoms with E-state index in [1.165, 1.54) is 11.0 Å². The zero-order chi connectivity index (χ0) is 21.7. The van der Waals surface area contributed by atoms with Crippen molar-refractivity contribution in [2.24, 2.45) is 0 Å². The standard InChI is InChI=1S/C23H24N2O4S/c1-4-15-7-10-17(11-8-15)25-22(27)18(21(26)24-23(25)30)13-16-9-12-19(28-5-2)20(14-16)29-6-3/h7-14H,4-6H2,1-3H3,(H,24,26,30)/b18-13+. The third kappa shape index (κ3) is 4.52. The third-order valence-electron chi connectivity index (χ3n) is 4.58. The van der Waals surface area contributed by atoms with E-state index in [1.54, 1.807) is 18.2 Å². The van der Waals surface area contributed by atoms with Gasteiger partial charge in [-0.3, -0.25) is 19.8 Å². The number of nitrogens with zero attached hydrogens (tertiary/aromatic N) is 1. The van der Waals surface area contributed by atoms with Crippen LogP contribution in [0.4, 0.5) is 5.69 Å². The molecule has 6 nitrogen and oxygen atoms in total. The van der Waals surface area contributed by atoms with Crippen LogP contribution in [0.5, 0.6) is 11.5 Å². The fourth-order valence-corrected chi connectivity index (χ4v) is 3.38. The highest BCUT2D eigenvalue weighted by atomic mass is 32.1. The van der Waals surface area contributed by atoms with Crippen molar-refractivity contribution in [3.8, 4) is 11.5 Å². The molecule has 1 aliphatic rings. The second-order valence-corrected chi connectivity index (χ2v) is 6.94. The molecule has 1 saturated heterocycles. The summed E-state index contributed by atoms with van der Waals surface area (Å²) in [5.41, 5.74) is 2.39. The Morgan fingerprint density at radius 3 is 2.27 bits per heavy atom. The highest BCUT2D eigenvalue weighted by molar-refractivity contribution is 7.80. The maximum Gasteiger partial charge on any atom is 0.270 e. The number of nitrogens with one attached hydrogen (secondary N) is 1. The number of hydrogen-bond donors (Lipinski definition) is 1. The van der Waals surface area contributed by atoms with E-state index in [0.717, 1.165) is 12.0 Å². The summed E-state index contributed by atoms with van der Waals surface area (Å²) < 4.78 is 11.2. The van der Waals surface area contributed by atoms with E-state index < -0.39 is 11.8 Å². The number of thiocarbonyl (C=S) groups is 1. The lowest BCUT2D eigenvalue weighted by Gasteiger charge is -2.29. The van der Waals surface area contributed by atoms with E-state index in [0.29, 0.717) is 36.0 Å². The van der Waals surface area contributed by atoms with Gasteiger partial charge in [-0.25, -0.2) is 0 Å². The molecule has 156 valence electrons. The number of rotatable bonds is 7. The number of anilines is 1. The zero-order valence-corrected chi connectivity index (χ0v) is 18.0. The van der Waals surface area contributed by atoms with Crippen LogP contribution in [0.3, 0.4) is 0 Å². The maximum absolute atomic E-state index is 13.1. The van der Waals surface area contributed by atoms with E-state index in [2.05, 4.69) is 12.2 Å². The molecule has 7 heteroatoms. The molecule has 2 amide bonds. The van der Waals surface area contributed by atoms with Crippen LogP contribution < -0.4 is 19.7 Å². The molecule has 2 aromatic rings. The molecule has 0 saturated carbocycles. The van der Waals surface area contributed by atoms with Gasteiger partial charge < -0.3 is 9.47 Å². The fraction of sp³-hybridized carbons (Fsp3) is 0.261. The first kappa shape index (κ1) is 21.5. The maximum atomic E-state index is 13.1. The molecule has 3 rings (SSSR count). The molecule has 1 N–H and O–H groups in total. The van der Waals surface area contributed by atoms with Crippen LogP contribution in [0.1, 0.15) is 31.9 Å². The Labute approximate surface area is 181 Å². The van der Waals surface area contributed by atoms with Gasteiger partial charge in [0, 0.05) is 0 Å². The van der Waals surface area contributed by atoms with Gasteiger partial charge in [0.15, 0.2) is 16.6 Å². The summed E-state index contributed by atoms with van der Waals surface area (Å²) in [6.07, 6.45) is 2.42. The molecular formula is C23H24N2O4S. The summed E-state index contributed by atoms with van der Waals surface area (Å²) in [4.78, 5) is 27.0. The van der Waals surface area contributed by atoms with Gasteiger partial charge in [0.25, 0.3) is 11.8 Å². The molecule has 0 aliphatic carbocycles. The van der Waals surface area contributed by atoms with Crippen LogP contribution in [0.2, 0.25) is 0 Å². The monoisotopic (exact) mass is 424 g/mol. The molecule has 1 aliphatic heterocycles. The summed E-state index contributed by atoms with van der Waals surface area (Å²) >= 11 is 5.25. The van der Waals surface area contributed by atoms with Gasteiger partial charge in [-0.1, -0.05) is 25.1 Å². The van der Waals surface area contributed by atoms with E-state index >= 15 is 0 Å². The number of hydrogen-bond acceptors (Lipinski definition) is 5. The first-order chi connectivity index (χ1) is 14.5. The van der Waals surface area contributed by atoms with Crippen LogP contribution in [0.15, 0.2) is 48.0 Å². The fourth-order valence-electron chi connectivity index (χ4n) is 3.10. The molecule has 0 aromatic heterocycles. The van der Waals surface area contributed by atoms with Crippen molar-refractivity contribution >= 4 is 40.9 Å². The second-order valence-electron chi connectivity index (χ2n) is 6.55. The summed E-state index contributed by atoms with van der Waals surface area (Å²) in [5.74, 6) is 0.165. The first-order valence-electron chi connectivity index (χ1n) is 9.88. The Morgan fingerprint density at radius 1 is 0.967 bits per heavy atom. The molecule has 0 bridgehead atoms. The first-order valence-corrected chi connectivity index (χ1v) is 10.3. The Kier molecular flexibility index (Phi) is 6.84. The van der Waals surface area contributed by atoms with Crippen molar-refractivity contribution < 1.29 is 19.1 Å². The lowest BCUT2D eigenvalue weighted by atomic mass is 10.1. The smallest absolute Gasteiger partial charge is 0.270 e. The molecular weight excluding hydrogens is 400 g/mol. The number of ether oxygens (including phenoxy) is 2. The molecule has 1 fully saturated rings. The largest absolute Gasteiger partial charge is 0.490 e. The Balaban J connectivity index is 1.96. The molecule has 30 heavy (non-hydrogen) atoms. The van der Waals surface area contributed by atoms with Crippen molar-refractivity contribution in [2.75, 3.05) is 18.1 Å². The van der Waals surface area contributed by atoms with Gasteiger partial charge in [-0.2, -0.15) is 0 Å². The average molecular weight is 425 g/mol. The quantitative estimate of drug-likeness (QED) is 0.415. The lowest BCUT2D eigenvalue weighted by Crippen LogP contribution is -2.54. The molecule has 2 aromatic carbocycles. The molecule has 0 atom stereocenters. The number of amides is 2. The minimum Gasteiger partial charge on any atom is -0.490 e. The SMILES string of the molecule is CCOc1ccc(/C=C2\C(=O)NC(=S)N(c3ccc(CC)cc3)C2=O)cc1OCC. The highest BCUT2D eigenvalue weighted by Crippen LogP contribution is 2.30. The summed E-state index contributed by atoms with van der Waals surface area (Å²) in [5, 5.41) is 2.67. The van der Waals surface area contributed by atoms with Crippen LogP contribution in [0.25, 0.3) is 6.08 Å². The zero-order valence-electron chi connectivity index (χ0n) is 17.2. The van der Waals surface area contributed by atoms with Crippen molar-refractivity contribution in [3.63, 3.8) is 0 Å². The summed E-state index contributed by atoms with van der Waals surface area (Å²) in [6, 6.07) is 12.8. The molecule has 0 unspecified atom stereocenters. The van der Waals surface area contributed by atoms with Crippen LogP contribution >= 0.6 is 12.2 Å². The lowest BCUT2D eigenvalue weighted by molar-refractivity contribution is -0.122. The number of carbonyl (C=O) groups is 2. The molecule has 1 heterocycles. The van der Waals surface area contributed by atoms with E-state index in [9.17, 15) is 9.59 Å². The van der Waals surface area contributed by atoms with Crippen molar-refractivity contribution in [3.05, 3.63) is 59.2 Å². The van der Waals surface area contributed by atoms with Crippen LogP contribution in [-0.2, 0) is 16.0 Å². The Hall–Kier alpha value is -3.19. The highest BCUT2D eigenvalue weighted by Gasteiger charge is 2.34. The predicted molar refractivity (Wildman–Crippen MR) is 121 cm³/mol. The second kappa shape index (κ2) is 9.54. The minimum absolute atomic E-state index is 0.00484.